The van der Waals surface area contributed by atoms with Gasteiger partial charge in [-0.3, -0.25) is 4.90 Å². The van der Waals surface area contributed by atoms with Crippen LogP contribution in [0.3, 0.4) is 0 Å². The molecule has 6 nitrogen and oxygen atoms in total. The van der Waals surface area contributed by atoms with Gasteiger partial charge in [0.25, 0.3) is 0 Å². The van der Waals surface area contributed by atoms with Crippen molar-refractivity contribution in [3.05, 3.63) is 40.2 Å². The van der Waals surface area contributed by atoms with Crippen molar-refractivity contribution in [3.8, 4) is 5.75 Å². The molecule has 0 N–H and O–H groups in total. The van der Waals surface area contributed by atoms with E-state index in [0.29, 0.717) is 23.3 Å². The first-order chi connectivity index (χ1) is 11.7. The van der Waals surface area contributed by atoms with Crippen LogP contribution in [0.4, 0.5) is 0 Å². The van der Waals surface area contributed by atoms with Crippen LogP contribution in [0.2, 0.25) is 0 Å². The van der Waals surface area contributed by atoms with Crippen molar-refractivity contribution in [1.82, 2.24) is 4.90 Å². The lowest BCUT2D eigenvalue weighted by Crippen LogP contribution is -2.33. The van der Waals surface area contributed by atoms with Gasteiger partial charge in [-0.25, -0.2) is 9.59 Å². The zero-order valence-corrected chi connectivity index (χ0v) is 13.7. The standard InChI is InChI=1S/C18H21NO5/c1-22-15-7-5-6-13-12-14(18(21)24-16(13)15)17(20)23-11-10-19-8-3-2-4-9-19/h5-7,12H,2-4,8-11H2,1H3. The highest BCUT2D eigenvalue weighted by molar-refractivity contribution is 5.94. The van der Waals surface area contributed by atoms with E-state index in [0.717, 1.165) is 13.1 Å². The number of fused-ring (bicyclic) bond motifs is 1. The second kappa shape index (κ2) is 7.49. The maximum absolute atomic E-state index is 12.2. The number of carbonyl (C=O) groups excluding carboxylic acids is 1. The quantitative estimate of drug-likeness (QED) is 0.619. The Hall–Kier alpha value is -2.34. The summed E-state index contributed by atoms with van der Waals surface area (Å²) in [5.41, 5.74) is -0.473. The number of rotatable bonds is 5. The van der Waals surface area contributed by atoms with E-state index in [1.807, 2.05) is 0 Å². The fourth-order valence-electron chi connectivity index (χ4n) is 2.95. The van der Waals surface area contributed by atoms with Gasteiger partial charge in [0.1, 0.15) is 12.2 Å². The molecule has 0 bridgehead atoms. The Kier molecular flexibility index (Phi) is 5.15. The number of hydrogen-bond acceptors (Lipinski definition) is 6. The number of carbonyl (C=O) groups is 1. The van der Waals surface area contributed by atoms with Gasteiger partial charge in [-0.05, 0) is 38.1 Å². The Balaban J connectivity index is 1.70. The molecule has 0 aliphatic carbocycles. The van der Waals surface area contributed by atoms with E-state index in [2.05, 4.69) is 4.90 Å². The molecule has 2 aromatic rings. The average Bonchev–Trinajstić information content (AvgIpc) is 2.61. The largest absolute Gasteiger partial charge is 0.493 e. The Morgan fingerprint density at radius 3 is 2.79 bits per heavy atom. The van der Waals surface area contributed by atoms with Crippen molar-refractivity contribution in [1.29, 1.82) is 0 Å². The minimum absolute atomic E-state index is 0.0885. The highest BCUT2D eigenvalue weighted by Gasteiger charge is 2.17. The molecule has 24 heavy (non-hydrogen) atoms. The van der Waals surface area contributed by atoms with E-state index < -0.39 is 11.6 Å². The van der Waals surface area contributed by atoms with Crippen molar-refractivity contribution in [2.45, 2.75) is 19.3 Å². The van der Waals surface area contributed by atoms with Gasteiger partial charge < -0.3 is 13.9 Å². The molecule has 1 aliphatic heterocycles. The smallest absolute Gasteiger partial charge is 0.351 e. The first-order valence-electron chi connectivity index (χ1n) is 8.19. The minimum Gasteiger partial charge on any atom is -0.493 e. The molecule has 1 aromatic heterocycles. The van der Waals surface area contributed by atoms with E-state index in [1.54, 1.807) is 18.2 Å². The lowest BCUT2D eigenvalue weighted by molar-refractivity contribution is 0.0447. The summed E-state index contributed by atoms with van der Waals surface area (Å²) >= 11 is 0. The molecule has 0 saturated carbocycles. The number of piperidine rings is 1. The Bertz CT molecular complexity index is 777. The van der Waals surface area contributed by atoms with Crippen molar-refractivity contribution in [2.24, 2.45) is 0 Å². The van der Waals surface area contributed by atoms with E-state index >= 15 is 0 Å². The molecular formula is C18H21NO5. The number of ether oxygens (including phenoxy) is 2. The van der Waals surface area contributed by atoms with E-state index in [1.165, 1.54) is 32.4 Å². The monoisotopic (exact) mass is 331 g/mol. The van der Waals surface area contributed by atoms with E-state index in [9.17, 15) is 9.59 Å². The van der Waals surface area contributed by atoms with Gasteiger partial charge in [-0.15, -0.1) is 0 Å². The lowest BCUT2D eigenvalue weighted by Gasteiger charge is -2.25. The molecule has 0 atom stereocenters. The molecule has 1 aliphatic rings. The molecule has 3 rings (SSSR count). The van der Waals surface area contributed by atoms with Crippen LogP contribution in [0.25, 0.3) is 11.0 Å². The molecule has 2 heterocycles. The number of likely N-dealkylation sites (tertiary alicyclic amines) is 1. The predicted molar refractivity (Wildman–Crippen MR) is 89.6 cm³/mol. The maximum Gasteiger partial charge on any atom is 0.351 e. The van der Waals surface area contributed by atoms with Crippen LogP contribution >= 0.6 is 0 Å². The van der Waals surface area contributed by atoms with Crippen molar-refractivity contribution >= 4 is 16.9 Å². The molecule has 0 unspecified atom stereocenters. The summed E-state index contributed by atoms with van der Waals surface area (Å²) < 4.78 is 15.6. The highest BCUT2D eigenvalue weighted by Crippen LogP contribution is 2.24. The number of hydrogen-bond donors (Lipinski definition) is 0. The molecule has 128 valence electrons. The number of benzene rings is 1. The molecule has 6 heteroatoms. The molecule has 1 fully saturated rings. The maximum atomic E-state index is 12.2. The third kappa shape index (κ3) is 3.59. The molecule has 1 saturated heterocycles. The molecule has 0 radical (unpaired) electrons. The van der Waals surface area contributed by atoms with Gasteiger partial charge in [0.05, 0.1) is 7.11 Å². The summed E-state index contributed by atoms with van der Waals surface area (Å²) in [7, 11) is 1.50. The second-order valence-corrected chi connectivity index (χ2v) is 5.86. The van der Waals surface area contributed by atoms with E-state index in [-0.39, 0.29) is 12.2 Å². The third-order valence-electron chi connectivity index (χ3n) is 4.25. The predicted octanol–water partition coefficient (Wildman–Crippen LogP) is 2.44. The number of esters is 1. The third-order valence-corrected chi connectivity index (χ3v) is 4.25. The lowest BCUT2D eigenvalue weighted by atomic mass is 10.1. The van der Waals surface area contributed by atoms with Crippen molar-refractivity contribution < 1.29 is 18.7 Å². The summed E-state index contributed by atoms with van der Waals surface area (Å²) in [6.45, 7) is 3.04. The van der Waals surface area contributed by atoms with Crippen LogP contribution in [0.5, 0.6) is 5.75 Å². The average molecular weight is 331 g/mol. The van der Waals surface area contributed by atoms with Gasteiger partial charge in [0, 0.05) is 11.9 Å². The minimum atomic E-state index is -0.713. The summed E-state index contributed by atoms with van der Waals surface area (Å²) in [4.78, 5) is 26.5. The zero-order valence-electron chi connectivity index (χ0n) is 13.7. The molecule has 0 spiro atoms. The van der Waals surface area contributed by atoms with Crippen LogP contribution in [0, 0.1) is 0 Å². The van der Waals surface area contributed by atoms with Gasteiger partial charge in [0.15, 0.2) is 11.3 Å². The SMILES string of the molecule is COc1cccc2cc(C(=O)OCCN3CCCCC3)c(=O)oc12. The summed E-state index contributed by atoms with van der Waals surface area (Å²) in [6.07, 6.45) is 3.63. The van der Waals surface area contributed by atoms with Gasteiger partial charge in [-0.2, -0.15) is 0 Å². The van der Waals surface area contributed by atoms with Crippen LogP contribution < -0.4 is 10.4 Å². The normalized spacial score (nSPS) is 15.4. The Morgan fingerprint density at radius 1 is 1.25 bits per heavy atom. The highest BCUT2D eigenvalue weighted by atomic mass is 16.5. The Labute approximate surface area is 140 Å². The van der Waals surface area contributed by atoms with E-state index in [4.69, 9.17) is 13.9 Å². The van der Waals surface area contributed by atoms with Gasteiger partial charge >= 0.3 is 11.6 Å². The topological polar surface area (TPSA) is 69.0 Å². The summed E-state index contributed by atoms with van der Waals surface area (Å²) in [5, 5.41) is 0.622. The van der Waals surface area contributed by atoms with Crippen LogP contribution in [-0.2, 0) is 4.74 Å². The van der Waals surface area contributed by atoms with Gasteiger partial charge in [0.2, 0.25) is 0 Å². The molecule has 0 amide bonds. The zero-order chi connectivity index (χ0) is 16.9. The van der Waals surface area contributed by atoms with Crippen molar-refractivity contribution in [2.75, 3.05) is 33.4 Å². The van der Waals surface area contributed by atoms with Gasteiger partial charge in [-0.1, -0.05) is 18.6 Å². The fourth-order valence-corrected chi connectivity index (χ4v) is 2.95. The molecule has 1 aromatic carbocycles. The van der Waals surface area contributed by atoms with Crippen LogP contribution in [-0.4, -0.2) is 44.2 Å². The van der Waals surface area contributed by atoms with Crippen LogP contribution in [0.15, 0.2) is 33.5 Å². The van der Waals surface area contributed by atoms with Crippen LogP contribution in [0.1, 0.15) is 29.6 Å². The first kappa shape index (κ1) is 16.5. The first-order valence-corrected chi connectivity index (χ1v) is 8.19. The summed E-state index contributed by atoms with van der Waals surface area (Å²) in [6, 6.07) is 6.72. The fraction of sp³-hybridized carbons (Fsp3) is 0.444. The molecular weight excluding hydrogens is 310 g/mol. The number of nitrogens with zero attached hydrogens (tertiary/aromatic N) is 1. The second-order valence-electron chi connectivity index (χ2n) is 5.86. The summed E-state index contributed by atoms with van der Waals surface area (Å²) in [5.74, 6) is -0.194. The van der Waals surface area contributed by atoms with Crippen molar-refractivity contribution in [3.63, 3.8) is 0 Å². The number of methoxy groups -OCH3 is 1. The number of para-hydroxylation sites is 1. The Morgan fingerprint density at radius 2 is 2.04 bits per heavy atom.